The molecule has 2 aromatic carbocycles. The highest BCUT2D eigenvalue weighted by atomic mass is 32.2. The number of alkyl halides is 3. The van der Waals surface area contributed by atoms with Gasteiger partial charge in [0.2, 0.25) is 0 Å². The molecule has 3 aromatic rings. The summed E-state index contributed by atoms with van der Waals surface area (Å²) >= 11 is 0. The van der Waals surface area contributed by atoms with Crippen LogP contribution in [0.25, 0.3) is 11.5 Å². The quantitative estimate of drug-likeness (QED) is 0.682. The summed E-state index contributed by atoms with van der Waals surface area (Å²) in [6.07, 6.45) is -4.67. The van der Waals surface area contributed by atoms with Crippen LogP contribution in [0.3, 0.4) is 0 Å². The molecular weight excluding hydrogens is 399 g/mol. The average molecular weight is 413 g/mol. The van der Waals surface area contributed by atoms with Crippen molar-refractivity contribution in [2.75, 3.05) is 11.8 Å². The van der Waals surface area contributed by atoms with E-state index in [2.05, 4.69) is 14.9 Å². The highest BCUT2D eigenvalue weighted by Gasteiger charge is 2.32. The van der Waals surface area contributed by atoms with Crippen LogP contribution in [0.2, 0.25) is 0 Å². The Hall–Kier alpha value is -3.08. The highest BCUT2D eigenvalue weighted by Crippen LogP contribution is 2.34. The van der Waals surface area contributed by atoms with Crippen LogP contribution in [0.5, 0.6) is 5.75 Å². The number of nitrogens with zero attached hydrogens (tertiary/aromatic N) is 2. The Morgan fingerprint density at radius 2 is 1.89 bits per heavy atom. The van der Waals surface area contributed by atoms with Gasteiger partial charge >= 0.3 is 6.18 Å². The molecule has 0 aliphatic rings. The standard InChI is InChI=1S/C17H14F3N3O4S/c1-10-21-16(27-22-10)14-9-12(26-2)6-7-15(14)23-28(24,25)13-5-3-4-11(8-13)17(18,19)20/h3-9,23H,1-2H3. The van der Waals surface area contributed by atoms with E-state index in [-0.39, 0.29) is 17.1 Å². The van der Waals surface area contributed by atoms with E-state index in [0.29, 0.717) is 17.6 Å². The molecule has 0 aliphatic carbocycles. The van der Waals surface area contributed by atoms with Crippen LogP contribution in [0.4, 0.5) is 18.9 Å². The van der Waals surface area contributed by atoms with Gasteiger partial charge in [-0.15, -0.1) is 0 Å². The molecule has 0 amide bonds. The molecule has 0 aliphatic heterocycles. The maximum atomic E-state index is 12.9. The van der Waals surface area contributed by atoms with Crippen LogP contribution >= 0.6 is 0 Å². The highest BCUT2D eigenvalue weighted by molar-refractivity contribution is 7.92. The molecule has 1 aromatic heterocycles. The lowest BCUT2D eigenvalue weighted by molar-refractivity contribution is -0.137. The van der Waals surface area contributed by atoms with E-state index >= 15 is 0 Å². The molecule has 0 atom stereocenters. The van der Waals surface area contributed by atoms with E-state index in [0.717, 1.165) is 18.2 Å². The van der Waals surface area contributed by atoms with Crippen molar-refractivity contribution in [3.05, 3.63) is 53.9 Å². The second-order valence-electron chi connectivity index (χ2n) is 5.69. The van der Waals surface area contributed by atoms with Gasteiger partial charge in [0.15, 0.2) is 5.82 Å². The summed E-state index contributed by atoms with van der Waals surface area (Å²) in [6, 6.07) is 7.78. The third kappa shape index (κ3) is 4.09. The number of hydrogen-bond donors (Lipinski definition) is 1. The summed E-state index contributed by atoms with van der Waals surface area (Å²) in [5, 5.41) is 3.65. The molecule has 0 saturated carbocycles. The van der Waals surface area contributed by atoms with E-state index in [9.17, 15) is 21.6 Å². The fourth-order valence-electron chi connectivity index (χ4n) is 2.37. The Labute approximate surface area is 158 Å². The maximum absolute atomic E-state index is 12.9. The molecule has 11 heteroatoms. The maximum Gasteiger partial charge on any atom is 0.416 e. The second-order valence-corrected chi connectivity index (χ2v) is 7.37. The monoisotopic (exact) mass is 413 g/mol. The topological polar surface area (TPSA) is 94.3 Å². The van der Waals surface area contributed by atoms with Crippen molar-refractivity contribution >= 4 is 15.7 Å². The number of benzene rings is 2. The number of halogens is 3. The molecule has 0 unspecified atom stereocenters. The lowest BCUT2D eigenvalue weighted by Gasteiger charge is -2.13. The number of anilines is 1. The van der Waals surface area contributed by atoms with Crippen LogP contribution < -0.4 is 9.46 Å². The Bertz CT molecular complexity index is 1110. The van der Waals surface area contributed by atoms with E-state index in [1.165, 1.54) is 25.3 Å². The van der Waals surface area contributed by atoms with Gasteiger partial charge in [-0.25, -0.2) is 8.42 Å². The summed E-state index contributed by atoms with van der Waals surface area (Å²) in [5.41, 5.74) is -0.810. The van der Waals surface area contributed by atoms with Gasteiger partial charge < -0.3 is 9.26 Å². The van der Waals surface area contributed by atoms with Gasteiger partial charge in [0.05, 0.1) is 28.8 Å². The van der Waals surface area contributed by atoms with E-state index < -0.39 is 26.7 Å². The van der Waals surface area contributed by atoms with E-state index in [4.69, 9.17) is 9.26 Å². The van der Waals surface area contributed by atoms with Gasteiger partial charge in [-0.05, 0) is 43.3 Å². The number of sulfonamides is 1. The predicted molar refractivity (Wildman–Crippen MR) is 93.3 cm³/mol. The lowest BCUT2D eigenvalue weighted by Crippen LogP contribution is -2.15. The minimum absolute atomic E-state index is 0.0261. The summed E-state index contributed by atoms with van der Waals surface area (Å²) in [5.74, 6) is 0.746. The third-order valence-electron chi connectivity index (χ3n) is 3.70. The number of aromatic nitrogens is 2. The molecule has 0 spiro atoms. The fraction of sp³-hybridized carbons (Fsp3) is 0.176. The van der Waals surface area contributed by atoms with Crippen LogP contribution in [-0.2, 0) is 16.2 Å². The van der Waals surface area contributed by atoms with Gasteiger partial charge in [0.1, 0.15) is 5.75 Å². The number of nitrogens with one attached hydrogen (secondary N) is 1. The number of hydrogen-bond acceptors (Lipinski definition) is 6. The molecule has 1 N–H and O–H groups in total. The number of ether oxygens (including phenoxy) is 1. The first kappa shape index (κ1) is 19.7. The lowest BCUT2D eigenvalue weighted by atomic mass is 10.1. The number of rotatable bonds is 5. The van der Waals surface area contributed by atoms with Crippen LogP contribution in [0.15, 0.2) is 51.9 Å². The third-order valence-corrected chi connectivity index (χ3v) is 5.06. The van der Waals surface area contributed by atoms with Crippen LogP contribution in [0.1, 0.15) is 11.4 Å². The first-order valence-electron chi connectivity index (χ1n) is 7.79. The van der Waals surface area contributed by atoms with Crippen molar-refractivity contribution < 1.29 is 30.8 Å². The molecule has 7 nitrogen and oxygen atoms in total. The molecular formula is C17H14F3N3O4S. The van der Waals surface area contributed by atoms with Crippen molar-refractivity contribution in [1.82, 2.24) is 10.1 Å². The van der Waals surface area contributed by atoms with Gasteiger partial charge in [0.25, 0.3) is 15.9 Å². The van der Waals surface area contributed by atoms with Gasteiger partial charge in [-0.1, -0.05) is 11.2 Å². The first-order valence-corrected chi connectivity index (χ1v) is 9.27. The molecule has 0 fully saturated rings. The molecule has 28 heavy (non-hydrogen) atoms. The molecule has 3 rings (SSSR count). The number of methoxy groups -OCH3 is 1. The Morgan fingerprint density at radius 3 is 2.50 bits per heavy atom. The Kier molecular flexibility index (Phi) is 5.02. The summed E-state index contributed by atoms with van der Waals surface area (Å²) < 4.78 is 76.4. The van der Waals surface area contributed by atoms with Crippen molar-refractivity contribution in [3.8, 4) is 17.2 Å². The van der Waals surface area contributed by atoms with Gasteiger partial charge in [-0.2, -0.15) is 18.2 Å². The van der Waals surface area contributed by atoms with Gasteiger partial charge in [0, 0.05) is 0 Å². The van der Waals surface area contributed by atoms with Crippen LogP contribution in [-0.4, -0.2) is 25.7 Å². The zero-order valence-electron chi connectivity index (χ0n) is 14.6. The van der Waals surface area contributed by atoms with Crippen molar-refractivity contribution in [1.29, 1.82) is 0 Å². The van der Waals surface area contributed by atoms with Crippen LogP contribution in [0, 0.1) is 6.92 Å². The largest absolute Gasteiger partial charge is 0.497 e. The Balaban J connectivity index is 2.03. The average Bonchev–Trinajstić information content (AvgIpc) is 3.07. The second kappa shape index (κ2) is 7.15. The smallest absolute Gasteiger partial charge is 0.416 e. The minimum atomic E-state index is -4.67. The SMILES string of the molecule is COc1ccc(NS(=O)(=O)c2cccc(C(F)(F)F)c2)c(-c2nc(C)no2)c1. The first-order chi connectivity index (χ1) is 13.1. The fourth-order valence-corrected chi connectivity index (χ4v) is 3.49. The zero-order chi connectivity index (χ0) is 20.5. The van der Waals surface area contributed by atoms with Crippen molar-refractivity contribution in [2.45, 2.75) is 18.0 Å². The molecule has 148 valence electrons. The number of aryl methyl sites for hydroxylation is 1. The van der Waals surface area contributed by atoms with Crippen molar-refractivity contribution in [3.63, 3.8) is 0 Å². The summed E-state index contributed by atoms with van der Waals surface area (Å²) in [6.45, 7) is 1.58. The summed E-state index contributed by atoms with van der Waals surface area (Å²) in [7, 11) is -2.90. The van der Waals surface area contributed by atoms with E-state index in [1.54, 1.807) is 6.92 Å². The minimum Gasteiger partial charge on any atom is -0.497 e. The molecule has 1 heterocycles. The van der Waals surface area contributed by atoms with Gasteiger partial charge in [-0.3, -0.25) is 4.72 Å². The summed E-state index contributed by atoms with van der Waals surface area (Å²) in [4.78, 5) is 3.51. The molecule has 0 radical (unpaired) electrons. The zero-order valence-corrected chi connectivity index (χ0v) is 15.4. The van der Waals surface area contributed by atoms with Crippen molar-refractivity contribution in [2.24, 2.45) is 0 Å². The normalized spacial score (nSPS) is 12.0. The molecule has 0 bridgehead atoms. The predicted octanol–water partition coefficient (Wildman–Crippen LogP) is 3.87. The Morgan fingerprint density at radius 1 is 1.14 bits per heavy atom. The molecule has 0 saturated heterocycles. The van der Waals surface area contributed by atoms with E-state index in [1.807, 2.05) is 0 Å².